The Morgan fingerprint density at radius 3 is 2.75 bits per heavy atom. The number of para-hydroxylation sites is 1. The number of benzene rings is 2. The Balaban J connectivity index is 1.83. The van der Waals surface area contributed by atoms with Crippen LogP contribution in [0.5, 0.6) is 5.75 Å². The first-order valence-electron chi connectivity index (χ1n) is 6.84. The molecule has 3 rings (SSSR count). The summed E-state index contributed by atoms with van der Waals surface area (Å²) in [6.45, 7) is 2.59. The summed E-state index contributed by atoms with van der Waals surface area (Å²) >= 11 is 0. The molecule has 1 amide bonds. The van der Waals surface area contributed by atoms with E-state index >= 15 is 0 Å². The van der Waals surface area contributed by atoms with Crippen molar-refractivity contribution in [1.29, 1.82) is 0 Å². The number of amides is 1. The first-order chi connectivity index (χ1) is 9.75. The van der Waals surface area contributed by atoms with Crippen LogP contribution in [-0.2, 0) is 0 Å². The quantitative estimate of drug-likeness (QED) is 0.907. The van der Waals surface area contributed by atoms with Crippen molar-refractivity contribution in [2.24, 2.45) is 0 Å². The van der Waals surface area contributed by atoms with Gasteiger partial charge in [-0.15, -0.1) is 0 Å². The molecular weight excluding hydrogens is 250 g/mol. The van der Waals surface area contributed by atoms with Crippen molar-refractivity contribution in [3.05, 3.63) is 65.2 Å². The minimum Gasteiger partial charge on any atom is -0.493 e. The molecule has 0 bridgehead atoms. The normalized spacial score (nSPS) is 16.9. The van der Waals surface area contributed by atoms with Crippen LogP contribution in [-0.4, -0.2) is 12.5 Å². The maximum Gasteiger partial charge on any atom is 0.252 e. The van der Waals surface area contributed by atoms with Crippen molar-refractivity contribution < 1.29 is 9.53 Å². The molecule has 3 nitrogen and oxygen atoms in total. The van der Waals surface area contributed by atoms with Crippen LogP contribution in [0, 0.1) is 6.92 Å². The SMILES string of the molecule is Cc1ccccc1C(=O)N[C@H]1CCOc2ccccc21. The van der Waals surface area contributed by atoms with E-state index in [0.717, 1.165) is 28.9 Å². The number of ether oxygens (including phenoxy) is 1. The topological polar surface area (TPSA) is 38.3 Å². The molecule has 1 atom stereocenters. The van der Waals surface area contributed by atoms with Crippen LogP contribution < -0.4 is 10.1 Å². The molecule has 2 aromatic rings. The second-order valence-electron chi connectivity index (χ2n) is 5.02. The molecule has 0 saturated carbocycles. The highest BCUT2D eigenvalue weighted by molar-refractivity contribution is 5.95. The van der Waals surface area contributed by atoms with Gasteiger partial charge < -0.3 is 10.1 Å². The number of fused-ring (bicyclic) bond motifs is 1. The summed E-state index contributed by atoms with van der Waals surface area (Å²) in [6.07, 6.45) is 0.800. The first-order valence-corrected chi connectivity index (χ1v) is 6.84. The molecule has 3 heteroatoms. The molecule has 1 heterocycles. The van der Waals surface area contributed by atoms with Crippen molar-refractivity contribution in [1.82, 2.24) is 5.32 Å². The predicted octanol–water partition coefficient (Wildman–Crippen LogP) is 3.25. The van der Waals surface area contributed by atoms with E-state index in [4.69, 9.17) is 4.74 Å². The largest absolute Gasteiger partial charge is 0.493 e. The Morgan fingerprint density at radius 1 is 1.15 bits per heavy atom. The molecule has 0 radical (unpaired) electrons. The summed E-state index contributed by atoms with van der Waals surface area (Å²) in [5.74, 6) is 0.846. The summed E-state index contributed by atoms with van der Waals surface area (Å²) in [6, 6.07) is 15.5. The van der Waals surface area contributed by atoms with E-state index in [0.29, 0.717) is 6.61 Å². The standard InChI is InChI=1S/C17H17NO2/c1-12-6-2-3-7-13(12)17(19)18-15-10-11-20-16-9-5-4-8-14(15)16/h2-9,15H,10-11H2,1H3,(H,18,19)/t15-/m0/s1. The van der Waals surface area contributed by atoms with Crippen molar-refractivity contribution in [3.8, 4) is 5.75 Å². The first kappa shape index (κ1) is 12.7. The van der Waals surface area contributed by atoms with Gasteiger partial charge in [0.25, 0.3) is 5.91 Å². The van der Waals surface area contributed by atoms with Gasteiger partial charge >= 0.3 is 0 Å². The highest BCUT2D eigenvalue weighted by atomic mass is 16.5. The van der Waals surface area contributed by atoms with Crippen LogP contribution in [0.2, 0.25) is 0 Å². The van der Waals surface area contributed by atoms with Gasteiger partial charge in [-0.05, 0) is 24.6 Å². The van der Waals surface area contributed by atoms with Crippen LogP contribution in [0.4, 0.5) is 0 Å². The summed E-state index contributed by atoms with van der Waals surface area (Å²) < 4.78 is 5.61. The second-order valence-corrected chi connectivity index (χ2v) is 5.02. The Morgan fingerprint density at radius 2 is 1.90 bits per heavy atom. The number of rotatable bonds is 2. The van der Waals surface area contributed by atoms with Gasteiger partial charge in [0.05, 0.1) is 12.6 Å². The van der Waals surface area contributed by atoms with Gasteiger partial charge in [-0.1, -0.05) is 36.4 Å². The third-order valence-electron chi connectivity index (χ3n) is 3.65. The summed E-state index contributed by atoms with van der Waals surface area (Å²) in [5, 5.41) is 3.11. The average Bonchev–Trinajstić information content (AvgIpc) is 2.48. The van der Waals surface area contributed by atoms with E-state index in [1.807, 2.05) is 55.5 Å². The lowest BCUT2D eigenvalue weighted by atomic mass is 9.99. The maximum atomic E-state index is 12.4. The lowest BCUT2D eigenvalue weighted by Crippen LogP contribution is -2.32. The zero-order valence-electron chi connectivity index (χ0n) is 11.4. The van der Waals surface area contributed by atoms with Gasteiger partial charge in [-0.2, -0.15) is 0 Å². The van der Waals surface area contributed by atoms with E-state index in [2.05, 4.69) is 5.32 Å². The summed E-state index contributed by atoms with van der Waals surface area (Å²) in [4.78, 5) is 12.4. The van der Waals surface area contributed by atoms with Crippen molar-refractivity contribution in [2.45, 2.75) is 19.4 Å². The lowest BCUT2D eigenvalue weighted by molar-refractivity contribution is 0.0924. The fraction of sp³-hybridized carbons (Fsp3) is 0.235. The van der Waals surface area contributed by atoms with Gasteiger partial charge in [0.15, 0.2) is 0 Å². The molecule has 20 heavy (non-hydrogen) atoms. The molecule has 1 aliphatic heterocycles. The Kier molecular flexibility index (Phi) is 3.42. The zero-order valence-corrected chi connectivity index (χ0v) is 11.4. The van der Waals surface area contributed by atoms with Crippen LogP contribution in [0.25, 0.3) is 0 Å². The summed E-state index contributed by atoms with van der Waals surface area (Å²) in [7, 11) is 0. The van der Waals surface area contributed by atoms with Crippen molar-refractivity contribution in [3.63, 3.8) is 0 Å². The Labute approximate surface area is 118 Å². The highest BCUT2D eigenvalue weighted by Crippen LogP contribution is 2.31. The number of carbonyl (C=O) groups is 1. The molecule has 0 spiro atoms. The maximum absolute atomic E-state index is 12.4. The Hall–Kier alpha value is -2.29. The smallest absolute Gasteiger partial charge is 0.252 e. The van der Waals surface area contributed by atoms with E-state index < -0.39 is 0 Å². The summed E-state index contributed by atoms with van der Waals surface area (Å²) in [5.41, 5.74) is 2.78. The molecule has 0 fully saturated rings. The molecule has 0 unspecified atom stereocenters. The van der Waals surface area contributed by atoms with Crippen molar-refractivity contribution in [2.75, 3.05) is 6.61 Å². The fourth-order valence-corrected chi connectivity index (χ4v) is 2.56. The van der Waals surface area contributed by atoms with Gasteiger partial charge in [0, 0.05) is 17.5 Å². The Bertz CT molecular complexity index is 636. The van der Waals surface area contributed by atoms with E-state index in [-0.39, 0.29) is 11.9 Å². The second kappa shape index (κ2) is 5.37. The number of aryl methyl sites for hydroxylation is 1. The predicted molar refractivity (Wildman–Crippen MR) is 77.9 cm³/mol. The van der Waals surface area contributed by atoms with E-state index in [9.17, 15) is 4.79 Å². The highest BCUT2D eigenvalue weighted by Gasteiger charge is 2.23. The molecule has 0 aliphatic carbocycles. The van der Waals surface area contributed by atoms with Gasteiger partial charge in [0.1, 0.15) is 5.75 Å². The minimum absolute atomic E-state index is 0.0204. The monoisotopic (exact) mass is 267 g/mol. The molecule has 1 N–H and O–H groups in total. The van der Waals surface area contributed by atoms with Crippen LogP contribution >= 0.6 is 0 Å². The van der Waals surface area contributed by atoms with Crippen LogP contribution in [0.1, 0.15) is 33.9 Å². The van der Waals surface area contributed by atoms with E-state index in [1.54, 1.807) is 0 Å². The molecule has 0 saturated heterocycles. The zero-order chi connectivity index (χ0) is 13.9. The van der Waals surface area contributed by atoms with Gasteiger partial charge in [-0.25, -0.2) is 0 Å². The molecule has 102 valence electrons. The fourth-order valence-electron chi connectivity index (χ4n) is 2.56. The molecule has 2 aromatic carbocycles. The average molecular weight is 267 g/mol. The lowest BCUT2D eigenvalue weighted by Gasteiger charge is -2.26. The third-order valence-corrected chi connectivity index (χ3v) is 3.65. The number of hydrogen-bond donors (Lipinski definition) is 1. The number of hydrogen-bond acceptors (Lipinski definition) is 2. The van der Waals surface area contributed by atoms with Gasteiger partial charge in [0.2, 0.25) is 0 Å². The molecule has 0 aromatic heterocycles. The molecular formula is C17H17NO2. The van der Waals surface area contributed by atoms with E-state index in [1.165, 1.54) is 0 Å². The number of carbonyl (C=O) groups excluding carboxylic acids is 1. The van der Waals surface area contributed by atoms with Crippen LogP contribution in [0.3, 0.4) is 0 Å². The van der Waals surface area contributed by atoms with Gasteiger partial charge in [-0.3, -0.25) is 4.79 Å². The third kappa shape index (κ3) is 2.39. The van der Waals surface area contributed by atoms with Crippen LogP contribution in [0.15, 0.2) is 48.5 Å². The minimum atomic E-state index is -0.0233. The number of nitrogens with one attached hydrogen (secondary N) is 1. The van der Waals surface area contributed by atoms with Crippen molar-refractivity contribution >= 4 is 5.91 Å². The molecule has 1 aliphatic rings.